The molecule has 1 heteroatoms. The van der Waals surface area contributed by atoms with Crippen LogP contribution >= 0.6 is 0 Å². The monoisotopic (exact) mass is 225 g/mol. The lowest BCUT2D eigenvalue weighted by atomic mass is 9.79. The van der Waals surface area contributed by atoms with Gasteiger partial charge in [-0.25, -0.2) is 0 Å². The van der Waals surface area contributed by atoms with Crippen LogP contribution in [0.25, 0.3) is 0 Å². The smallest absolute Gasteiger partial charge is 0.00982 e. The summed E-state index contributed by atoms with van der Waals surface area (Å²) < 4.78 is 0. The van der Waals surface area contributed by atoms with Crippen LogP contribution in [-0.4, -0.2) is 6.04 Å². The maximum absolute atomic E-state index is 6.55. The number of nitrogens with two attached hydrogens (primary N) is 1. The molecule has 4 atom stereocenters. The Morgan fingerprint density at radius 3 is 2.00 bits per heavy atom. The van der Waals surface area contributed by atoms with E-state index in [-0.39, 0.29) is 0 Å². The minimum atomic E-state index is 0.458. The molecule has 16 heavy (non-hydrogen) atoms. The second-order valence-corrected chi connectivity index (χ2v) is 6.13. The molecule has 0 aromatic heterocycles. The Hall–Kier alpha value is -0.0400. The van der Waals surface area contributed by atoms with Crippen LogP contribution in [-0.2, 0) is 0 Å². The van der Waals surface area contributed by atoms with Crippen LogP contribution in [0.2, 0.25) is 0 Å². The van der Waals surface area contributed by atoms with Gasteiger partial charge >= 0.3 is 0 Å². The van der Waals surface area contributed by atoms with Gasteiger partial charge in [-0.05, 0) is 49.4 Å². The second kappa shape index (κ2) is 6.64. The summed E-state index contributed by atoms with van der Waals surface area (Å²) in [6, 6.07) is 0.458. The van der Waals surface area contributed by atoms with Gasteiger partial charge in [0.15, 0.2) is 0 Å². The Kier molecular flexibility index (Phi) is 5.82. The van der Waals surface area contributed by atoms with E-state index >= 15 is 0 Å². The molecular weight excluding hydrogens is 194 g/mol. The average Bonchev–Trinajstić information content (AvgIpc) is 2.56. The highest BCUT2D eigenvalue weighted by Crippen LogP contribution is 2.40. The van der Waals surface area contributed by atoms with Crippen molar-refractivity contribution in [1.29, 1.82) is 0 Å². The summed E-state index contributed by atoms with van der Waals surface area (Å²) in [5, 5.41) is 0. The SMILES string of the molecule is CCCC(CCC)C(N)[C@@H]1C[C@@H](C)C[C@H]1C. The molecule has 0 heterocycles. The molecule has 1 unspecified atom stereocenters. The molecule has 0 aliphatic heterocycles. The molecule has 1 nitrogen and oxygen atoms in total. The third-order valence-electron chi connectivity index (χ3n) is 4.54. The largest absolute Gasteiger partial charge is 0.327 e. The van der Waals surface area contributed by atoms with E-state index in [4.69, 9.17) is 5.73 Å². The van der Waals surface area contributed by atoms with Gasteiger partial charge in [0, 0.05) is 6.04 Å². The van der Waals surface area contributed by atoms with Gasteiger partial charge in [0.25, 0.3) is 0 Å². The molecule has 0 saturated heterocycles. The highest BCUT2D eigenvalue weighted by molar-refractivity contribution is 4.89. The van der Waals surface area contributed by atoms with Gasteiger partial charge in [-0.1, -0.05) is 40.5 Å². The molecule has 0 bridgehead atoms. The highest BCUT2D eigenvalue weighted by atomic mass is 14.7. The predicted molar refractivity (Wildman–Crippen MR) is 72.3 cm³/mol. The van der Waals surface area contributed by atoms with Crippen molar-refractivity contribution in [2.75, 3.05) is 0 Å². The van der Waals surface area contributed by atoms with E-state index in [1.54, 1.807) is 0 Å². The number of rotatable bonds is 6. The molecular formula is C15H31N. The normalized spacial score (nSPS) is 32.2. The molecule has 0 radical (unpaired) electrons. The fourth-order valence-corrected chi connectivity index (χ4v) is 3.76. The molecule has 0 amide bonds. The fraction of sp³-hybridized carbons (Fsp3) is 1.00. The summed E-state index contributed by atoms with van der Waals surface area (Å²) in [6.07, 6.45) is 7.98. The first-order chi connectivity index (χ1) is 7.60. The summed E-state index contributed by atoms with van der Waals surface area (Å²) >= 11 is 0. The van der Waals surface area contributed by atoms with Crippen LogP contribution in [0.4, 0.5) is 0 Å². The average molecular weight is 225 g/mol. The van der Waals surface area contributed by atoms with Gasteiger partial charge in [0.1, 0.15) is 0 Å². The lowest BCUT2D eigenvalue weighted by Gasteiger charge is -2.31. The maximum atomic E-state index is 6.55. The number of hydrogen-bond donors (Lipinski definition) is 1. The number of hydrogen-bond acceptors (Lipinski definition) is 1. The molecule has 1 aliphatic rings. The van der Waals surface area contributed by atoms with Gasteiger partial charge in [-0.3, -0.25) is 0 Å². The van der Waals surface area contributed by atoms with Crippen molar-refractivity contribution >= 4 is 0 Å². The zero-order valence-corrected chi connectivity index (χ0v) is 11.7. The van der Waals surface area contributed by atoms with Crippen LogP contribution in [0, 0.1) is 23.7 Å². The topological polar surface area (TPSA) is 26.0 Å². The van der Waals surface area contributed by atoms with Crippen LogP contribution in [0.3, 0.4) is 0 Å². The van der Waals surface area contributed by atoms with E-state index in [1.165, 1.54) is 38.5 Å². The van der Waals surface area contributed by atoms with E-state index < -0.39 is 0 Å². The van der Waals surface area contributed by atoms with Gasteiger partial charge in [0.05, 0.1) is 0 Å². The van der Waals surface area contributed by atoms with E-state index in [9.17, 15) is 0 Å². The Balaban J connectivity index is 2.55. The molecule has 0 aromatic rings. The van der Waals surface area contributed by atoms with E-state index in [1.807, 2.05) is 0 Å². The lowest BCUT2D eigenvalue weighted by molar-refractivity contribution is 0.240. The van der Waals surface area contributed by atoms with Crippen molar-refractivity contribution in [1.82, 2.24) is 0 Å². The molecule has 0 spiro atoms. The summed E-state index contributed by atoms with van der Waals surface area (Å²) in [4.78, 5) is 0. The zero-order chi connectivity index (χ0) is 12.1. The van der Waals surface area contributed by atoms with Crippen LogP contribution in [0.5, 0.6) is 0 Å². The molecule has 2 N–H and O–H groups in total. The predicted octanol–water partition coefficient (Wildman–Crippen LogP) is 4.21. The molecule has 1 rings (SSSR count). The van der Waals surface area contributed by atoms with E-state index in [0.717, 1.165) is 23.7 Å². The summed E-state index contributed by atoms with van der Waals surface area (Å²) in [5.74, 6) is 3.31. The van der Waals surface area contributed by atoms with Gasteiger partial charge in [-0.15, -0.1) is 0 Å². The maximum Gasteiger partial charge on any atom is 0.00982 e. The van der Waals surface area contributed by atoms with Crippen LogP contribution in [0.1, 0.15) is 66.2 Å². The zero-order valence-electron chi connectivity index (χ0n) is 11.7. The van der Waals surface area contributed by atoms with Crippen molar-refractivity contribution < 1.29 is 0 Å². The fourth-order valence-electron chi connectivity index (χ4n) is 3.76. The van der Waals surface area contributed by atoms with Crippen LogP contribution < -0.4 is 5.73 Å². The third kappa shape index (κ3) is 3.48. The van der Waals surface area contributed by atoms with Gasteiger partial charge in [0.2, 0.25) is 0 Å². The minimum Gasteiger partial charge on any atom is -0.327 e. The van der Waals surface area contributed by atoms with Crippen LogP contribution in [0.15, 0.2) is 0 Å². The van der Waals surface area contributed by atoms with Crippen molar-refractivity contribution in [3.63, 3.8) is 0 Å². The van der Waals surface area contributed by atoms with Crippen molar-refractivity contribution in [2.24, 2.45) is 29.4 Å². The second-order valence-electron chi connectivity index (χ2n) is 6.13. The van der Waals surface area contributed by atoms with E-state index in [0.29, 0.717) is 6.04 Å². The minimum absolute atomic E-state index is 0.458. The van der Waals surface area contributed by atoms with Crippen molar-refractivity contribution in [3.8, 4) is 0 Å². The van der Waals surface area contributed by atoms with Gasteiger partial charge in [-0.2, -0.15) is 0 Å². The first kappa shape index (κ1) is 14.0. The first-order valence-corrected chi connectivity index (χ1v) is 7.35. The molecule has 1 aliphatic carbocycles. The summed E-state index contributed by atoms with van der Waals surface area (Å²) in [7, 11) is 0. The molecule has 0 aromatic carbocycles. The van der Waals surface area contributed by atoms with Crippen molar-refractivity contribution in [3.05, 3.63) is 0 Å². The Labute approximate surface area is 102 Å². The van der Waals surface area contributed by atoms with E-state index in [2.05, 4.69) is 27.7 Å². The Morgan fingerprint density at radius 1 is 1.06 bits per heavy atom. The molecule has 1 saturated carbocycles. The quantitative estimate of drug-likeness (QED) is 0.720. The summed E-state index contributed by atoms with van der Waals surface area (Å²) in [6.45, 7) is 9.37. The molecule has 1 fully saturated rings. The Morgan fingerprint density at radius 2 is 1.62 bits per heavy atom. The van der Waals surface area contributed by atoms with Gasteiger partial charge < -0.3 is 5.73 Å². The molecule has 96 valence electrons. The third-order valence-corrected chi connectivity index (χ3v) is 4.54. The van der Waals surface area contributed by atoms with Crippen molar-refractivity contribution in [2.45, 2.75) is 72.3 Å². The summed E-state index contributed by atoms with van der Waals surface area (Å²) in [5.41, 5.74) is 6.55. The Bertz CT molecular complexity index is 184. The first-order valence-electron chi connectivity index (χ1n) is 7.35. The lowest BCUT2D eigenvalue weighted by Crippen LogP contribution is -2.39. The standard InChI is InChI=1S/C15H31N/c1-5-7-13(8-6-2)15(16)14-10-11(3)9-12(14)4/h11-15H,5-10,16H2,1-4H3/t11-,12+,14+,15?/m0/s1. The highest BCUT2D eigenvalue weighted by Gasteiger charge is 2.35.